The van der Waals surface area contributed by atoms with Crippen molar-refractivity contribution in [3.63, 3.8) is 0 Å². The SMILES string of the molecule is CCCc1ccc(C)c2c1C=C(C)[CH]2[Zr](=[SiH2])([CH2]c1ccccc1)[CH]1C(C)=Cc2c(CCC)ccc(C)c21.Cl.Cl. The fourth-order valence-electron chi connectivity index (χ4n) is 7.57. The monoisotopic (exact) mass is 653 g/mol. The second-order valence-corrected chi connectivity index (χ2v) is 29.3. The zero-order valence-corrected chi connectivity index (χ0v) is 30.1. The van der Waals surface area contributed by atoms with Gasteiger partial charge in [-0.3, -0.25) is 0 Å². The Morgan fingerprint density at radius 2 is 1.08 bits per heavy atom. The molecule has 0 radical (unpaired) electrons. The standard InChI is InChI=1S/2C14H17.C7H7.2ClH.H2Si.Zr/c2*1-4-5-12-7-6-11(3)13-8-10(2)9-14(12)13;1-7-5-3-2-4-6-7;;;;/h2*6-9H,4-5H2,1-3H3;2-6H,1H2;2*1H;1H2;. The van der Waals surface area contributed by atoms with Crippen molar-refractivity contribution in [3.05, 3.63) is 116 Å². The van der Waals surface area contributed by atoms with Crippen molar-refractivity contribution < 1.29 is 18.9 Å². The third-order valence-corrected chi connectivity index (χ3v) is 27.2. The molecule has 3 aromatic carbocycles. The first-order valence-electron chi connectivity index (χ1n) is 14.3. The van der Waals surface area contributed by atoms with Gasteiger partial charge in [0.15, 0.2) is 0 Å². The van der Waals surface area contributed by atoms with Gasteiger partial charge >= 0.3 is 232 Å². The number of benzene rings is 3. The maximum Gasteiger partial charge on any atom is -0.147 e. The van der Waals surface area contributed by atoms with E-state index in [9.17, 15) is 0 Å². The first-order valence-corrected chi connectivity index (χ1v) is 24.8. The van der Waals surface area contributed by atoms with Gasteiger partial charge in [-0.1, -0.05) is 0 Å². The number of rotatable bonds is 8. The summed E-state index contributed by atoms with van der Waals surface area (Å²) >= 11 is -3.07. The van der Waals surface area contributed by atoms with Crippen LogP contribution in [0.2, 0.25) is 0 Å². The van der Waals surface area contributed by atoms with Crippen LogP contribution in [0.15, 0.2) is 65.7 Å². The molecule has 0 nitrogen and oxygen atoms in total. The Hall–Kier alpha value is -1.18. The molecular formula is C35H45Cl2SiZr. The van der Waals surface area contributed by atoms with E-state index in [4.69, 9.17) is 0 Å². The molecule has 0 aliphatic heterocycles. The van der Waals surface area contributed by atoms with Gasteiger partial charge in [-0.15, -0.1) is 24.8 Å². The maximum atomic E-state index is 2.60. The summed E-state index contributed by atoms with van der Waals surface area (Å²) in [6.45, 7) is 16.8. The van der Waals surface area contributed by atoms with Crippen molar-refractivity contribution >= 4 is 43.8 Å². The summed E-state index contributed by atoms with van der Waals surface area (Å²) in [4.78, 5) is 0. The van der Waals surface area contributed by atoms with Crippen LogP contribution >= 0.6 is 24.8 Å². The van der Waals surface area contributed by atoms with E-state index in [0.29, 0.717) is 7.25 Å². The van der Waals surface area contributed by atoms with Crippen LogP contribution in [0.4, 0.5) is 0 Å². The molecule has 39 heavy (non-hydrogen) atoms. The summed E-state index contributed by atoms with van der Waals surface area (Å²) in [7, 11) is 0. The van der Waals surface area contributed by atoms with Crippen LogP contribution in [0.3, 0.4) is 0 Å². The quantitative estimate of drug-likeness (QED) is 0.212. The summed E-state index contributed by atoms with van der Waals surface area (Å²) in [5.41, 5.74) is 17.4. The van der Waals surface area contributed by atoms with E-state index in [1.54, 1.807) is 50.1 Å². The Balaban J connectivity index is 0.00000210. The van der Waals surface area contributed by atoms with E-state index in [2.05, 4.69) is 115 Å². The Morgan fingerprint density at radius 3 is 1.49 bits per heavy atom. The van der Waals surface area contributed by atoms with E-state index in [1.807, 2.05) is 0 Å². The Kier molecular flexibility index (Phi) is 10.9. The van der Waals surface area contributed by atoms with E-state index in [-0.39, 0.29) is 24.8 Å². The Bertz CT molecular complexity index is 1360. The normalized spacial score (nSPS) is 18.7. The smallest absolute Gasteiger partial charge is 0.147 e. The molecule has 0 bridgehead atoms. The molecule has 2 aliphatic carbocycles. The molecule has 2 aliphatic rings. The Labute approximate surface area is 255 Å². The molecular weight excluding hydrogens is 611 g/mol. The topological polar surface area (TPSA) is 0 Å². The largest absolute Gasteiger partial charge is 0.147 e. The predicted molar refractivity (Wildman–Crippen MR) is 176 cm³/mol. The van der Waals surface area contributed by atoms with Crippen LogP contribution < -0.4 is 0 Å². The van der Waals surface area contributed by atoms with Crippen LogP contribution in [0.25, 0.3) is 12.2 Å². The van der Waals surface area contributed by atoms with Crippen LogP contribution in [0, 0.1) is 13.8 Å². The third-order valence-electron chi connectivity index (χ3n) is 8.99. The molecule has 0 N–H and O–H groups in total. The molecule has 207 valence electrons. The van der Waals surface area contributed by atoms with Gasteiger partial charge in [-0.2, -0.15) is 0 Å². The number of allylic oxidation sites excluding steroid dienone is 2. The van der Waals surface area contributed by atoms with Crippen LogP contribution in [-0.4, -0.2) is 6.88 Å². The molecule has 2 atom stereocenters. The molecule has 3 aromatic rings. The molecule has 4 heteroatoms. The number of aryl methyl sites for hydroxylation is 4. The molecule has 0 saturated carbocycles. The maximum absolute atomic E-state index is 3.07. The predicted octanol–water partition coefficient (Wildman–Crippen LogP) is 9.57. The molecule has 5 rings (SSSR count). The van der Waals surface area contributed by atoms with E-state index in [0.717, 1.165) is 0 Å². The van der Waals surface area contributed by atoms with Gasteiger partial charge in [0, 0.05) is 0 Å². The minimum Gasteiger partial charge on any atom is -0.147 e. The van der Waals surface area contributed by atoms with Crippen molar-refractivity contribution in [2.75, 3.05) is 0 Å². The molecule has 2 unspecified atom stereocenters. The van der Waals surface area contributed by atoms with E-state index >= 15 is 0 Å². The van der Waals surface area contributed by atoms with Gasteiger partial charge in [0.25, 0.3) is 0 Å². The van der Waals surface area contributed by atoms with Gasteiger partial charge in [0.05, 0.1) is 0 Å². The van der Waals surface area contributed by atoms with Crippen LogP contribution in [0.1, 0.15) is 97.9 Å². The van der Waals surface area contributed by atoms with Crippen molar-refractivity contribution in [3.8, 4) is 0 Å². The fourth-order valence-corrected chi connectivity index (χ4v) is 29.3. The molecule has 0 heterocycles. The first-order chi connectivity index (χ1) is 17.8. The molecule has 0 spiro atoms. The first kappa shape index (κ1) is 32.3. The summed E-state index contributed by atoms with van der Waals surface area (Å²) in [6, 6.07) is 21.1. The van der Waals surface area contributed by atoms with E-state index in [1.165, 1.54) is 40.9 Å². The number of halogens is 2. The van der Waals surface area contributed by atoms with Gasteiger partial charge < -0.3 is 0 Å². The minimum atomic E-state index is -3.07. The van der Waals surface area contributed by atoms with Crippen molar-refractivity contribution in [1.82, 2.24) is 0 Å². The van der Waals surface area contributed by atoms with Gasteiger partial charge in [-0.05, 0) is 0 Å². The summed E-state index contributed by atoms with van der Waals surface area (Å²) in [5, 5.41) is 0. The van der Waals surface area contributed by atoms with Crippen LogP contribution in [0.5, 0.6) is 0 Å². The molecule has 0 fully saturated rings. The summed E-state index contributed by atoms with van der Waals surface area (Å²) in [5.74, 6) is 0. The average Bonchev–Trinajstić information content (AvgIpc) is 3.42. The number of fused-ring (bicyclic) bond motifs is 2. The fraction of sp³-hybridized carbons (Fsp3) is 0.371. The zero-order valence-electron chi connectivity index (χ0n) is 24.6. The second-order valence-electron chi connectivity index (χ2n) is 11.8. The third kappa shape index (κ3) is 5.79. The molecule has 0 saturated heterocycles. The van der Waals surface area contributed by atoms with Crippen LogP contribution in [-0.2, 0) is 35.9 Å². The zero-order chi connectivity index (χ0) is 26.3. The van der Waals surface area contributed by atoms with Gasteiger partial charge in [-0.25, -0.2) is 0 Å². The van der Waals surface area contributed by atoms with Crippen molar-refractivity contribution in [2.24, 2.45) is 0 Å². The number of hydrogen-bond acceptors (Lipinski definition) is 0. The number of hydrogen-bond donors (Lipinski definition) is 0. The molecule has 0 aromatic heterocycles. The van der Waals surface area contributed by atoms with Crippen molar-refractivity contribution in [2.45, 2.75) is 78.6 Å². The van der Waals surface area contributed by atoms with Crippen molar-refractivity contribution in [1.29, 1.82) is 0 Å². The second kappa shape index (κ2) is 13.2. The minimum absolute atomic E-state index is 0. The van der Waals surface area contributed by atoms with Gasteiger partial charge in [0.1, 0.15) is 0 Å². The van der Waals surface area contributed by atoms with E-state index < -0.39 is 18.9 Å². The summed E-state index contributed by atoms with van der Waals surface area (Å²) < 4.78 is 2.52. The summed E-state index contributed by atoms with van der Waals surface area (Å²) in [6.07, 6.45) is 9.96. The van der Waals surface area contributed by atoms with Gasteiger partial charge in [0.2, 0.25) is 0 Å². The molecule has 0 amide bonds. The average molecular weight is 656 g/mol. The Morgan fingerprint density at radius 1 is 0.641 bits per heavy atom.